The van der Waals surface area contributed by atoms with Gasteiger partial charge in [0.1, 0.15) is 17.1 Å². The summed E-state index contributed by atoms with van der Waals surface area (Å²) in [5, 5.41) is 3.35. The second-order valence-electron chi connectivity index (χ2n) is 6.47. The van der Waals surface area contributed by atoms with E-state index < -0.39 is 0 Å². The number of benzene rings is 1. The lowest BCUT2D eigenvalue weighted by Crippen LogP contribution is -2.32. The third-order valence-electron chi connectivity index (χ3n) is 4.56. The number of hydrogen-bond acceptors (Lipinski definition) is 7. The number of nitrogen functional groups attached to an aromatic ring is 1. The van der Waals surface area contributed by atoms with Gasteiger partial charge in [-0.2, -0.15) is 0 Å². The number of rotatable bonds is 4. The highest BCUT2D eigenvalue weighted by Crippen LogP contribution is 2.30. The topological polar surface area (TPSA) is 119 Å². The zero-order valence-electron chi connectivity index (χ0n) is 14.2. The van der Waals surface area contributed by atoms with E-state index in [9.17, 15) is 4.79 Å². The maximum atomic E-state index is 11.3. The van der Waals surface area contributed by atoms with E-state index in [1.165, 1.54) is 6.20 Å². The van der Waals surface area contributed by atoms with Gasteiger partial charge in [0, 0.05) is 36.4 Å². The Kier molecular flexibility index (Phi) is 4.39. The van der Waals surface area contributed by atoms with Crippen molar-refractivity contribution >= 4 is 22.5 Å². The molecule has 4 N–H and O–H groups in total. The van der Waals surface area contributed by atoms with Gasteiger partial charge < -0.3 is 15.8 Å². The van der Waals surface area contributed by atoms with Crippen molar-refractivity contribution in [1.82, 2.24) is 19.9 Å². The molecule has 2 heterocycles. The number of ether oxygens (including phenoxy) is 1. The fourth-order valence-corrected chi connectivity index (χ4v) is 3.33. The molecule has 0 spiro atoms. The minimum Gasteiger partial charge on any atom is -0.488 e. The molecular formula is C18H20N6O2. The summed E-state index contributed by atoms with van der Waals surface area (Å²) in [7, 11) is 0. The van der Waals surface area contributed by atoms with Crippen LogP contribution in [0.4, 0.5) is 11.5 Å². The lowest BCUT2D eigenvalue weighted by molar-refractivity contribution is 0.152. The molecule has 0 atom stereocenters. The van der Waals surface area contributed by atoms with Gasteiger partial charge in [-0.1, -0.05) is 0 Å². The molecule has 1 aliphatic carbocycles. The first-order chi connectivity index (χ1) is 12.7. The van der Waals surface area contributed by atoms with Crippen LogP contribution in [0.5, 0.6) is 5.75 Å². The van der Waals surface area contributed by atoms with Crippen molar-refractivity contribution in [2.24, 2.45) is 0 Å². The minimum absolute atomic E-state index is 0.108. The van der Waals surface area contributed by atoms with Crippen molar-refractivity contribution in [3.8, 4) is 5.75 Å². The number of anilines is 2. The van der Waals surface area contributed by atoms with Gasteiger partial charge in [-0.3, -0.25) is 9.97 Å². The number of nitrogens with one attached hydrogen (secondary N) is 2. The maximum Gasteiger partial charge on any atom is 0.346 e. The summed E-state index contributed by atoms with van der Waals surface area (Å²) in [5.74, 6) is 1.38. The normalized spacial score (nSPS) is 20.0. The van der Waals surface area contributed by atoms with Gasteiger partial charge in [0.15, 0.2) is 0 Å². The van der Waals surface area contributed by atoms with Crippen LogP contribution in [-0.4, -0.2) is 32.1 Å². The fraction of sp³-hybridized carbons (Fsp3) is 0.333. The van der Waals surface area contributed by atoms with Crippen LogP contribution >= 0.6 is 0 Å². The number of hydrogen-bond donors (Lipinski definition) is 3. The molecule has 1 aromatic carbocycles. The van der Waals surface area contributed by atoms with Crippen LogP contribution in [0.2, 0.25) is 0 Å². The molecular weight excluding hydrogens is 332 g/mol. The molecule has 2 aromatic heterocycles. The van der Waals surface area contributed by atoms with Gasteiger partial charge >= 0.3 is 5.69 Å². The summed E-state index contributed by atoms with van der Waals surface area (Å²) in [5.41, 5.74) is 7.70. The molecule has 26 heavy (non-hydrogen) atoms. The van der Waals surface area contributed by atoms with Crippen LogP contribution in [-0.2, 0) is 0 Å². The summed E-state index contributed by atoms with van der Waals surface area (Å²) in [4.78, 5) is 26.3. The van der Waals surface area contributed by atoms with Crippen molar-refractivity contribution in [2.75, 3.05) is 11.1 Å². The van der Waals surface area contributed by atoms with Gasteiger partial charge in [-0.15, -0.1) is 0 Å². The molecule has 134 valence electrons. The smallest absolute Gasteiger partial charge is 0.346 e. The molecule has 0 radical (unpaired) electrons. The first kappa shape index (κ1) is 16.3. The Bertz CT molecular complexity index is 965. The predicted molar refractivity (Wildman–Crippen MR) is 99.1 cm³/mol. The average molecular weight is 352 g/mol. The van der Waals surface area contributed by atoms with Crippen LogP contribution in [0, 0.1) is 0 Å². The molecule has 1 saturated carbocycles. The van der Waals surface area contributed by atoms with Crippen LogP contribution in [0.3, 0.4) is 0 Å². The second kappa shape index (κ2) is 6.99. The van der Waals surface area contributed by atoms with E-state index >= 15 is 0 Å². The Hall–Kier alpha value is -3.16. The Labute approximate surface area is 149 Å². The minimum atomic E-state index is -0.346. The molecule has 8 nitrogen and oxygen atoms in total. The van der Waals surface area contributed by atoms with E-state index in [0.717, 1.165) is 36.7 Å². The van der Waals surface area contributed by atoms with Crippen molar-refractivity contribution in [2.45, 2.75) is 37.8 Å². The zero-order valence-corrected chi connectivity index (χ0v) is 14.2. The Morgan fingerprint density at radius 2 is 1.88 bits per heavy atom. The molecule has 8 heteroatoms. The summed E-state index contributed by atoms with van der Waals surface area (Å²) < 4.78 is 6.19. The van der Waals surface area contributed by atoms with Crippen molar-refractivity contribution in [3.05, 3.63) is 47.3 Å². The van der Waals surface area contributed by atoms with Crippen molar-refractivity contribution in [3.63, 3.8) is 0 Å². The van der Waals surface area contributed by atoms with Gasteiger partial charge in [-0.25, -0.2) is 14.8 Å². The summed E-state index contributed by atoms with van der Waals surface area (Å²) in [6.45, 7) is 0. The number of fused-ring (bicyclic) bond motifs is 1. The number of nitrogens with zero attached hydrogens (tertiary/aromatic N) is 3. The SMILES string of the molecule is Nc1cc(OC2CCC(Nc3ccnc(=O)[nH]3)CC2)c2nccnc2c1. The highest BCUT2D eigenvalue weighted by Gasteiger charge is 2.23. The van der Waals surface area contributed by atoms with Crippen LogP contribution < -0.4 is 21.5 Å². The zero-order chi connectivity index (χ0) is 17.9. The standard InChI is InChI=1S/C18H20N6O2/c19-11-9-14-17(21-8-7-20-14)15(10-11)26-13-3-1-12(2-4-13)23-16-5-6-22-18(25)24-16/h5-10,12-13H,1-4,19H2,(H2,22,23,24,25). The van der Waals surface area contributed by atoms with Crippen molar-refractivity contribution < 1.29 is 4.74 Å². The van der Waals surface area contributed by atoms with E-state index in [1.807, 2.05) is 6.07 Å². The number of aromatic amines is 1. The third-order valence-corrected chi connectivity index (χ3v) is 4.56. The van der Waals surface area contributed by atoms with Gasteiger partial charge in [0.25, 0.3) is 0 Å². The molecule has 0 unspecified atom stereocenters. The van der Waals surface area contributed by atoms with Gasteiger partial charge in [0.05, 0.1) is 11.6 Å². The molecule has 0 amide bonds. The van der Waals surface area contributed by atoms with E-state index in [0.29, 0.717) is 23.3 Å². The maximum absolute atomic E-state index is 11.3. The van der Waals surface area contributed by atoms with Gasteiger partial charge in [-0.05, 0) is 37.8 Å². The fourth-order valence-electron chi connectivity index (χ4n) is 3.33. The molecule has 1 fully saturated rings. The molecule has 1 aliphatic rings. The van der Waals surface area contributed by atoms with E-state index in [1.54, 1.807) is 24.5 Å². The van der Waals surface area contributed by atoms with Crippen LogP contribution in [0.1, 0.15) is 25.7 Å². The number of H-pyrrole nitrogens is 1. The first-order valence-electron chi connectivity index (χ1n) is 8.66. The summed E-state index contributed by atoms with van der Waals surface area (Å²) in [6, 6.07) is 5.67. The Morgan fingerprint density at radius 1 is 1.08 bits per heavy atom. The molecule has 0 bridgehead atoms. The largest absolute Gasteiger partial charge is 0.488 e. The van der Waals surface area contributed by atoms with Crippen LogP contribution in [0.15, 0.2) is 41.6 Å². The van der Waals surface area contributed by atoms with Gasteiger partial charge in [0.2, 0.25) is 0 Å². The summed E-state index contributed by atoms with van der Waals surface area (Å²) in [6.07, 6.45) is 8.61. The molecule has 0 aliphatic heterocycles. The molecule has 0 saturated heterocycles. The predicted octanol–water partition coefficient (Wildman–Crippen LogP) is 2.10. The number of nitrogens with two attached hydrogens (primary N) is 1. The van der Waals surface area contributed by atoms with E-state index in [-0.39, 0.29) is 11.8 Å². The third kappa shape index (κ3) is 3.58. The Balaban J connectivity index is 1.41. The highest BCUT2D eigenvalue weighted by molar-refractivity contribution is 5.84. The van der Waals surface area contributed by atoms with E-state index in [4.69, 9.17) is 10.5 Å². The average Bonchev–Trinajstić information content (AvgIpc) is 2.63. The Morgan fingerprint density at radius 3 is 2.69 bits per heavy atom. The first-order valence-corrected chi connectivity index (χ1v) is 8.66. The summed E-state index contributed by atoms with van der Waals surface area (Å²) >= 11 is 0. The van der Waals surface area contributed by atoms with Crippen LogP contribution in [0.25, 0.3) is 11.0 Å². The van der Waals surface area contributed by atoms with Crippen molar-refractivity contribution in [1.29, 1.82) is 0 Å². The molecule has 3 aromatic rings. The second-order valence-corrected chi connectivity index (χ2v) is 6.47. The van der Waals surface area contributed by atoms with E-state index in [2.05, 4.69) is 25.3 Å². The lowest BCUT2D eigenvalue weighted by Gasteiger charge is -2.30. The molecule has 4 rings (SSSR count). The quantitative estimate of drug-likeness (QED) is 0.615. The number of aromatic nitrogens is 4. The monoisotopic (exact) mass is 352 g/mol. The highest BCUT2D eigenvalue weighted by atomic mass is 16.5. The lowest BCUT2D eigenvalue weighted by atomic mass is 9.93.